The molecule has 1 fully saturated rings. The summed E-state index contributed by atoms with van der Waals surface area (Å²) < 4.78 is 5.11. The molecule has 10 heavy (non-hydrogen) atoms. The second kappa shape index (κ2) is 2.26. The summed E-state index contributed by atoms with van der Waals surface area (Å²) in [6.07, 6.45) is 1.57. The fourth-order valence-corrected chi connectivity index (χ4v) is 1.59. The molecule has 0 amide bonds. The Morgan fingerprint density at radius 3 is 2.60 bits per heavy atom. The lowest BCUT2D eigenvalue weighted by atomic mass is 9.90. The average molecular weight is 142 g/mol. The molecule has 1 saturated heterocycles. The van der Waals surface area contributed by atoms with Crippen LogP contribution in [0, 0.1) is 5.92 Å². The second-order valence-corrected chi connectivity index (χ2v) is 3.75. The van der Waals surface area contributed by atoms with Crippen molar-refractivity contribution in [3.8, 4) is 0 Å². The third-order valence-corrected chi connectivity index (χ3v) is 1.75. The minimum Gasteiger partial charge on any atom is -0.460 e. The van der Waals surface area contributed by atoms with Crippen LogP contribution in [0.5, 0.6) is 0 Å². The van der Waals surface area contributed by atoms with Crippen LogP contribution in [-0.4, -0.2) is 11.6 Å². The zero-order valence-corrected chi connectivity index (χ0v) is 6.81. The maximum absolute atomic E-state index is 10.9. The first-order valence-electron chi connectivity index (χ1n) is 3.71. The highest BCUT2D eigenvalue weighted by atomic mass is 16.6. The predicted octanol–water partition coefficient (Wildman–Crippen LogP) is 1.74. The van der Waals surface area contributed by atoms with E-state index in [-0.39, 0.29) is 11.6 Å². The molecule has 0 aromatic heterocycles. The molecule has 1 rings (SSSR count). The molecule has 0 aromatic carbocycles. The average Bonchev–Trinajstić information content (AvgIpc) is 1.54. The minimum absolute atomic E-state index is 0.0521. The van der Waals surface area contributed by atoms with E-state index in [0.29, 0.717) is 12.3 Å². The summed E-state index contributed by atoms with van der Waals surface area (Å²) >= 11 is 0. The standard InChI is InChI=1S/C8H14O2/c1-6-4-7(9)10-8(2,3)5-6/h6H,4-5H2,1-3H3. The van der Waals surface area contributed by atoms with E-state index in [9.17, 15) is 4.79 Å². The van der Waals surface area contributed by atoms with Crippen molar-refractivity contribution in [3.05, 3.63) is 0 Å². The van der Waals surface area contributed by atoms with Gasteiger partial charge in [0.05, 0.1) is 0 Å². The highest BCUT2D eigenvalue weighted by Gasteiger charge is 2.31. The number of hydrogen-bond acceptors (Lipinski definition) is 2. The van der Waals surface area contributed by atoms with Gasteiger partial charge in [0.25, 0.3) is 0 Å². The van der Waals surface area contributed by atoms with Crippen LogP contribution in [0.2, 0.25) is 0 Å². The second-order valence-electron chi connectivity index (χ2n) is 3.75. The van der Waals surface area contributed by atoms with Gasteiger partial charge in [-0.1, -0.05) is 6.92 Å². The Bertz CT molecular complexity index is 149. The molecule has 1 aliphatic rings. The van der Waals surface area contributed by atoms with E-state index in [0.717, 1.165) is 6.42 Å². The van der Waals surface area contributed by atoms with E-state index in [1.807, 2.05) is 13.8 Å². The van der Waals surface area contributed by atoms with E-state index in [2.05, 4.69) is 6.92 Å². The van der Waals surface area contributed by atoms with Gasteiger partial charge in [0.15, 0.2) is 0 Å². The third kappa shape index (κ3) is 1.72. The highest BCUT2D eigenvalue weighted by Crippen LogP contribution is 2.28. The van der Waals surface area contributed by atoms with E-state index < -0.39 is 0 Å². The molecule has 0 N–H and O–H groups in total. The van der Waals surface area contributed by atoms with Crippen LogP contribution in [-0.2, 0) is 9.53 Å². The number of hydrogen-bond donors (Lipinski definition) is 0. The van der Waals surface area contributed by atoms with Gasteiger partial charge in [-0.2, -0.15) is 0 Å². The number of carbonyl (C=O) groups excluding carboxylic acids is 1. The first-order valence-corrected chi connectivity index (χ1v) is 3.71. The third-order valence-electron chi connectivity index (χ3n) is 1.75. The summed E-state index contributed by atoms with van der Waals surface area (Å²) in [5, 5.41) is 0. The van der Waals surface area contributed by atoms with Crippen molar-refractivity contribution in [2.75, 3.05) is 0 Å². The zero-order chi connectivity index (χ0) is 7.78. The van der Waals surface area contributed by atoms with Crippen LogP contribution in [0.15, 0.2) is 0 Å². The van der Waals surface area contributed by atoms with Crippen LogP contribution < -0.4 is 0 Å². The van der Waals surface area contributed by atoms with Crippen molar-refractivity contribution in [1.82, 2.24) is 0 Å². The number of esters is 1. The Kier molecular flexibility index (Phi) is 1.71. The van der Waals surface area contributed by atoms with E-state index in [1.54, 1.807) is 0 Å². The topological polar surface area (TPSA) is 26.3 Å². The Hall–Kier alpha value is -0.530. The van der Waals surface area contributed by atoms with Crippen LogP contribution in [0.3, 0.4) is 0 Å². The molecule has 1 unspecified atom stereocenters. The molecule has 1 aliphatic heterocycles. The molecule has 58 valence electrons. The summed E-state index contributed by atoms with van der Waals surface area (Å²) in [6.45, 7) is 6.00. The molecule has 0 saturated carbocycles. The summed E-state index contributed by atoms with van der Waals surface area (Å²) in [7, 11) is 0. The largest absolute Gasteiger partial charge is 0.460 e. The molecule has 0 spiro atoms. The van der Waals surface area contributed by atoms with Crippen molar-refractivity contribution in [2.24, 2.45) is 5.92 Å². The van der Waals surface area contributed by atoms with Gasteiger partial charge in [-0.05, 0) is 26.2 Å². The fourth-order valence-electron chi connectivity index (χ4n) is 1.59. The van der Waals surface area contributed by atoms with E-state index in [4.69, 9.17) is 4.74 Å². The van der Waals surface area contributed by atoms with Crippen LogP contribution in [0.4, 0.5) is 0 Å². The van der Waals surface area contributed by atoms with Crippen molar-refractivity contribution >= 4 is 5.97 Å². The molecule has 0 aliphatic carbocycles. The number of carbonyl (C=O) groups is 1. The molecule has 1 heterocycles. The van der Waals surface area contributed by atoms with Gasteiger partial charge in [-0.15, -0.1) is 0 Å². The summed E-state index contributed by atoms with van der Waals surface area (Å²) in [4.78, 5) is 10.9. The zero-order valence-electron chi connectivity index (χ0n) is 6.81. The van der Waals surface area contributed by atoms with Gasteiger partial charge in [-0.3, -0.25) is 4.79 Å². The maximum atomic E-state index is 10.9. The quantitative estimate of drug-likeness (QED) is 0.481. The molecule has 1 atom stereocenters. The maximum Gasteiger partial charge on any atom is 0.306 e. The summed E-state index contributed by atoms with van der Waals surface area (Å²) in [6, 6.07) is 0. The first kappa shape index (κ1) is 7.58. The first-order chi connectivity index (χ1) is 4.49. The van der Waals surface area contributed by atoms with Crippen LogP contribution in [0.1, 0.15) is 33.6 Å². The SMILES string of the molecule is CC1CC(=O)OC(C)(C)C1. The lowest BCUT2D eigenvalue weighted by Crippen LogP contribution is -2.36. The Morgan fingerprint density at radius 2 is 2.20 bits per heavy atom. The predicted molar refractivity (Wildman–Crippen MR) is 38.6 cm³/mol. The lowest BCUT2D eigenvalue weighted by molar-refractivity contribution is -0.166. The fraction of sp³-hybridized carbons (Fsp3) is 0.875. The van der Waals surface area contributed by atoms with Gasteiger partial charge >= 0.3 is 5.97 Å². The molecule has 2 nitrogen and oxygen atoms in total. The van der Waals surface area contributed by atoms with Gasteiger partial charge < -0.3 is 4.74 Å². The molecular formula is C8H14O2. The van der Waals surface area contributed by atoms with Crippen LogP contribution in [0.25, 0.3) is 0 Å². The Labute approximate surface area is 61.6 Å². The molecular weight excluding hydrogens is 128 g/mol. The van der Waals surface area contributed by atoms with Crippen molar-refractivity contribution < 1.29 is 9.53 Å². The monoisotopic (exact) mass is 142 g/mol. The minimum atomic E-state index is -0.227. The Balaban J connectivity index is 2.59. The van der Waals surface area contributed by atoms with Gasteiger partial charge in [-0.25, -0.2) is 0 Å². The molecule has 0 aromatic rings. The number of ether oxygens (including phenoxy) is 1. The highest BCUT2D eigenvalue weighted by molar-refractivity contribution is 5.70. The van der Waals surface area contributed by atoms with Crippen molar-refractivity contribution in [1.29, 1.82) is 0 Å². The lowest BCUT2D eigenvalue weighted by Gasteiger charge is -2.32. The van der Waals surface area contributed by atoms with Gasteiger partial charge in [0.1, 0.15) is 5.60 Å². The number of rotatable bonds is 0. The van der Waals surface area contributed by atoms with E-state index in [1.165, 1.54) is 0 Å². The molecule has 0 radical (unpaired) electrons. The normalized spacial score (nSPS) is 31.5. The summed E-state index contributed by atoms with van der Waals surface area (Å²) in [5.41, 5.74) is -0.227. The van der Waals surface area contributed by atoms with Crippen molar-refractivity contribution in [3.63, 3.8) is 0 Å². The van der Waals surface area contributed by atoms with Crippen molar-refractivity contribution in [2.45, 2.75) is 39.2 Å². The summed E-state index contributed by atoms with van der Waals surface area (Å²) in [5.74, 6) is 0.431. The number of cyclic esters (lactones) is 1. The van der Waals surface area contributed by atoms with E-state index >= 15 is 0 Å². The molecule has 2 heteroatoms. The molecule has 0 bridgehead atoms. The Morgan fingerprint density at radius 1 is 1.60 bits per heavy atom. The van der Waals surface area contributed by atoms with Gasteiger partial charge in [0, 0.05) is 6.42 Å². The smallest absolute Gasteiger partial charge is 0.306 e. The van der Waals surface area contributed by atoms with Gasteiger partial charge in [0.2, 0.25) is 0 Å². The van der Waals surface area contributed by atoms with Crippen LogP contribution >= 0.6 is 0 Å².